The summed E-state index contributed by atoms with van der Waals surface area (Å²) in [5.74, 6) is 0.00796. The van der Waals surface area contributed by atoms with Crippen molar-refractivity contribution in [3.63, 3.8) is 0 Å². The van der Waals surface area contributed by atoms with Crippen LogP contribution < -0.4 is 10.2 Å². The summed E-state index contributed by atoms with van der Waals surface area (Å²) in [6, 6.07) is 16.0. The molecule has 0 aromatic heterocycles. The van der Waals surface area contributed by atoms with Gasteiger partial charge in [0, 0.05) is 45.2 Å². The molecule has 0 aliphatic carbocycles. The van der Waals surface area contributed by atoms with Crippen LogP contribution in [0.15, 0.2) is 48.5 Å². The van der Waals surface area contributed by atoms with Crippen molar-refractivity contribution in [3.8, 4) is 0 Å². The molecule has 1 saturated heterocycles. The molecule has 0 spiro atoms. The highest BCUT2D eigenvalue weighted by atomic mass is 16.2. The molecular weight excluding hydrogens is 376 g/mol. The fraction of sp³-hybridized carbons (Fsp3) is 0.417. The normalized spacial score (nSPS) is 20.4. The van der Waals surface area contributed by atoms with Crippen LogP contribution in [0.4, 0.5) is 11.4 Å². The number of carbonyl (C=O) groups is 2. The zero-order valence-electron chi connectivity index (χ0n) is 17.8. The Bertz CT molecular complexity index is 921. The molecule has 0 radical (unpaired) electrons. The highest BCUT2D eigenvalue weighted by Crippen LogP contribution is 2.31. The summed E-state index contributed by atoms with van der Waals surface area (Å²) in [6.07, 6.45) is 0.310. The van der Waals surface area contributed by atoms with Crippen LogP contribution in [0.3, 0.4) is 0 Å². The van der Waals surface area contributed by atoms with Crippen LogP contribution in [0.5, 0.6) is 0 Å². The summed E-state index contributed by atoms with van der Waals surface area (Å²) in [5.41, 5.74) is 4.13. The third-order valence-corrected chi connectivity index (χ3v) is 5.94. The highest BCUT2D eigenvalue weighted by molar-refractivity contribution is 6.04. The van der Waals surface area contributed by atoms with E-state index in [1.54, 1.807) is 4.90 Å². The van der Waals surface area contributed by atoms with Crippen molar-refractivity contribution in [1.82, 2.24) is 9.80 Å². The smallest absolute Gasteiger partial charge is 0.241 e. The number of hydrogen-bond acceptors (Lipinski definition) is 4. The number of fused-ring (bicyclic) bond motifs is 1. The fourth-order valence-corrected chi connectivity index (χ4v) is 4.41. The second-order valence-electron chi connectivity index (χ2n) is 8.42. The van der Waals surface area contributed by atoms with Crippen molar-refractivity contribution in [1.29, 1.82) is 0 Å². The molecule has 2 aliphatic rings. The van der Waals surface area contributed by atoms with Crippen molar-refractivity contribution in [2.75, 3.05) is 42.9 Å². The minimum Gasteiger partial charge on any atom is -0.324 e. The predicted octanol–water partition coefficient (Wildman–Crippen LogP) is 2.88. The number of para-hydroxylation sites is 2. The third-order valence-electron chi connectivity index (χ3n) is 5.94. The van der Waals surface area contributed by atoms with Gasteiger partial charge in [-0.15, -0.1) is 0 Å². The largest absolute Gasteiger partial charge is 0.324 e. The van der Waals surface area contributed by atoms with E-state index in [0.717, 1.165) is 38.4 Å². The molecule has 2 amide bonds. The Kier molecular flexibility index (Phi) is 6.16. The molecule has 2 heterocycles. The summed E-state index contributed by atoms with van der Waals surface area (Å²) >= 11 is 0. The van der Waals surface area contributed by atoms with E-state index in [1.165, 1.54) is 11.1 Å². The lowest BCUT2D eigenvalue weighted by Gasteiger charge is -2.36. The average molecular weight is 407 g/mol. The van der Waals surface area contributed by atoms with Crippen molar-refractivity contribution >= 4 is 23.2 Å². The van der Waals surface area contributed by atoms with Crippen molar-refractivity contribution in [3.05, 3.63) is 59.7 Å². The van der Waals surface area contributed by atoms with Gasteiger partial charge in [0.2, 0.25) is 11.8 Å². The summed E-state index contributed by atoms with van der Waals surface area (Å²) in [6.45, 7) is 9.05. The van der Waals surface area contributed by atoms with E-state index < -0.39 is 0 Å². The van der Waals surface area contributed by atoms with Gasteiger partial charge in [0.1, 0.15) is 0 Å². The number of benzene rings is 2. The molecule has 6 heteroatoms. The monoisotopic (exact) mass is 406 g/mol. The van der Waals surface area contributed by atoms with Crippen molar-refractivity contribution < 1.29 is 9.59 Å². The molecule has 4 rings (SSSR count). The lowest BCUT2D eigenvalue weighted by atomic mass is 10.1. The first kappa shape index (κ1) is 20.6. The number of anilines is 2. The van der Waals surface area contributed by atoms with E-state index in [9.17, 15) is 9.59 Å². The standard InChI is InChI=1S/C24H30N4O2/c1-18-6-5-7-20(14-18)16-26-10-12-27(13-11-26)17-24(30)28-19(2)15-23(29)25-21-8-3-4-9-22(21)28/h3-9,14,19H,10-13,15-17H2,1-2H3,(H,25,29)/t19-/m0/s1. The van der Waals surface area contributed by atoms with E-state index in [4.69, 9.17) is 0 Å². The molecule has 1 N–H and O–H groups in total. The Morgan fingerprint density at radius 1 is 1.03 bits per heavy atom. The second-order valence-corrected chi connectivity index (χ2v) is 8.42. The van der Waals surface area contributed by atoms with Crippen LogP contribution in [0, 0.1) is 6.92 Å². The van der Waals surface area contributed by atoms with Gasteiger partial charge in [-0.25, -0.2) is 0 Å². The fourth-order valence-electron chi connectivity index (χ4n) is 4.41. The van der Waals surface area contributed by atoms with Crippen LogP contribution >= 0.6 is 0 Å². The first-order valence-electron chi connectivity index (χ1n) is 10.7. The van der Waals surface area contributed by atoms with Crippen LogP contribution in [0.25, 0.3) is 0 Å². The van der Waals surface area contributed by atoms with Gasteiger partial charge in [-0.3, -0.25) is 19.4 Å². The molecular formula is C24H30N4O2. The Morgan fingerprint density at radius 3 is 2.53 bits per heavy atom. The molecule has 1 atom stereocenters. The molecule has 2 aliphatic heterocycles. The van der Waals surface area contributed by atoms with Gasteiger partial charge in [-0.2, -0.15) is 0 Å². The number of nitrogens with one attached hydrogen (secondary N) is 1. The van der Waals surface area contributed by atoms with E-state index in [-0.39, 0.29) is 17.9 Å². The minimum atomic E-state index is -0.163. The number of hydrogen-bond donors (Lipinski definition) is 1. The number of piperazine rings is 1. The van der Waals surface area contributed by atoms with Gasteiger partial charge in [0.05, 0.1) is 17.9 Å². The van der Waals surface area contributed by atoms with Crippen LogP contribution in [-0.4, -0.2) is 60.4 Å². The number of carbonyl (C=O) groups excluding carboxylic acids is 2. The topological polar surface area (TPSA) is 55.9 Å². The van der Waals surface area contributed by atoms with Gasteiger partial charge in [-0.1, -0.05) is 42.0 Å². The van der Waals surface area contributed by atoms with Crippen molar-refractivity contribution in [2.45, 2.75) is 32.9 Å². The van der Waals surface area contributed by atoms with Gasteiger partial charge in [0.15, 0.2) is 0 Å². The molecule has 0 bridgehead atoms. The van der Waals surface area contributed by atoms with E-state index in [1.807, 2.05) is 31.2 Å². The summed E-state index contributed by atoms with van der Waals surface area (Å²) in [5, 5.41) is 2.92. The summed E-state index contributed by atoms with van der Waals surface area (Å²) in [7, 11) is 0. The zero-order valence-corrected chi connectivity index (χ0v) is 17.8. The molecule has 6 nitrogen and oxygen atoms in total. The molecule has 1 fully saturated rings. The van der Waals surface area contributed by atoms with E-state index in [2.05, 4.69) is 46.3 Å². The Morgan fingerprint density at radius 2 is 1.77 bits per heavy atom. The molecule has 0 saturated carbocycles. The Hall–Kier alpha value is -2.70. The van der Waals surface area contributed by atoms with Gasteiger partial charge >= 0.3 is 0 Å². The maximum absolute atomic E-state index is 13.2. The first-order valence-corrected chi connectivity index (χ1v) is 10.7. The number of rotatable bonds is 4. The van der Waals surface area contributed by atoms with Gasteiger partial charge in [0.25, 0.3) is 0 Å². The van der Waals surface area contributed by atoms with Gasteiger partial charge < -0.3 is 10.2 Å². The zero-order chi connectivity index (χ0) is 21.1. The minimum absolute atomic E-state index is 0.0463. The number of aryl methyl sites for hydroxylation is 1. The Labute approximate surface area is 178 Å². The number of amides is 2. The summed E-state index contributed by atoms with van der Waals surface area (Å²) < 4.78 is 0. The van der Waals surface area contributed by atoms with Crippen LogP contribution in [-0.2, 0) is 16.1 Å². The first-order chi connectivity index (χ1) is 14.5. The lowest BCUT2D eigenvalue weighted by molar-refractivity contribution is -0.120. The molecule has 2 aromatic rings. The maximum Gasteiger partial charge on any atom is 0.241 e. The van der Waals surface area contributed by atoms with Crippen LogP contribution in [0.2, 0.25) is 0 Å². The highest BCUT2D eigenvalue weighted by Gasteiger charge is 2.31. The quantitative estimate of drug-likeness (QED) is 0.848. The SMILES string of the molecule is Cc1cccc(CN2CCN(CC(=O)N3c4ccccc4NC(=O)C[C@@H]3C)CC2)c1. The average Bonchev–Trinajstić information content (AvgIpc) is 2.83. The molecule has 0 unspecified atom stereocenters. The predicted molar refractivity (Wildman–Crippen MR) is 120 cm³/mol. The number of nitrogens with zero attached hydrogens (tertiary/aromatic N) is 3. The Balaban J connectivity index is 1.37. The molecule has 158 valence electrons. The van der Waals surface area contributed by atoms with E-state index in [0.29, 0.717) is 18.7 Å². The van der Waals surface area contributed by atoms with Crippen molar-refractivity contribution in [2.24, 2.45) is 0 Å². The summed E-state index contributed by atoms with van der Waals surface area (Å²) in [4.78, 5) is 31.9. The maximum atomic E-state index is 13.2. The third kappa shape index (κ3) is 4.71. The van der Waals surface area contributed by atoms with Crippen LogP contribution in [0.1, 0.15) is 24.5 Å². The van der Waals surface area contributed by atoms with E-state index >= 15 is 0 Å². The molecule has 2 aromatic carbocycles. The van der Waals surface area contributed by atoms with Gasteiger partial charge in [-0.05, 0) is 31.5 Å². The lowest BCUT2D eigenvalue weighted by Crippen LogP contribution is -2.51. The molecule has 30 heavy (non-hydrogen) atoms. The second kappa shape index (κ2) is 8.98.